The molecule has 2 aromatic rings. The fourth-order valence-electron chi connectivity index (χ4n) is 5.42. The Morgan fingerprint density at radius 1 is 1.11 bits per heavy atom. The summed E-state index contributed by atoms with van der Waals surface area (Å²) in [4.78, 5) is 51.1. The Balaban J connectivity index is 0.000000572. The first kappa shape index (κ1) is 35.4. The van der Waals surface area contributed by atoms with Crippen LogP contribution in [0.2, 0.25) is 0 Å². The number of piperazine rings is 1. The number of carboxylic acids is 1. The highest BCUT2D eigenvalue weighted by atomic mass is 32.2. The standard InChI is InChI=1S/C25H36N4O6S.C7H8S/c1-14-11-19(35-4)15(2)16(3)24(14)36-28-18-7-5-17(6-8-18)22(23(32)25(33)34)27-20(30)13-29-10-9-26-12-21(29)31;8-6-7-4-2-1-3-5-7/h11,17-18,22,26,28H,5-10,12-13H2,1-4H3,(H,27,30)(H,33,34);1-5,8H,6H2. The molecule has 10 nitrogen and oxygen atoms in total. The van der Waals surface area contributed by atoms with E-state index in [2.05, 4.69) is 54.0 Å². The normalized spacial score (nSPS) is 18.9. The number of carbonyl (C=O) groups excluding carboxylic acids is 3. The van der Waals surface area contributed by atoms with Gasteiger partial charge in [-0.3, -0.25) is 19.1 Å². The fraction of sp³-hybridized carbons (Fsp3) is 0.500. The van der Waals surface area contributed by atoms with E-state index in [4.69, 9.17) is 4.74 Å². The van der Waals surface area contributed by atoms with Gasteiger partial charge in [-0.15, -0.1) is 0 Å². The Morgan fingerprint density at radius 3 is 2.36 bits per heavy atom. The average molecular weight is 645 g/mol. The van der Waals surface area contributed by atoms with Crippen LogP contribution in [0.5, 0.6) is 5.75 Å². The molecular formula is C32H44N4O6S2. The summed E-state index contributed by atoms with van der Waals surface area (Å²) in [6.45, 7) is 7.12. The molecule has 0 bridgehead atoms. The van der Waals surface area contributed by atoms with Gasteiger partial charge in [0.1, 0.15) is 11.8 Å². The zero-order chi connectivity index (χ0) is 32.2. The Labute approximate surface area is 269 Å². The summed E-state index contributed by atoms with van der Waals surface area (Å²) in [5.41, 5.74) is 4.66. The summed E-state index contributed by atoms with van der Waals surface area (Å²) in [6.07, 6.45) is 2.71. The molecule has 1 atom stereocenters. The molecule has 4 rings (SSSR count). The van der Waals surface area contributed by atoms with Crippen molar-refractivity contribution in [2.24, 2.45) is 5.92 Å². The highest BCUT2D eigenvalue weighted by Crippen LogP contribution is 2.35. The third kappa shape index (κ3) is 9.98. The molecule has 240 valence electrons. The molecule has 0 spiro atoms. The van der Waals surface area contributed by atoms with Crippen LogP contribution in [0.15, 0.2) is 41.3 Å². The van der Waals surface area contributed by atoms with Gasteiger partial charge in [-0.1, -0.05) is 30.3 Å². The molecule has 0 radical (unpaired) electrons. The van der Waals surface area contributed by atoms with E-state index >= 15 is 0 Å². The number of aliphatic carboxylic acids is 1. The number of hydrogen-bond acceptors (Lipinski definition) is 9. The molecule has 4 N–H and O–H groups in total. The van der Waals surface area contributed by atoms with Crippen molar-refractivity contribution in [3.8, 4) is 5.75 Å². The van der Waals surface area contributed by atoms with E-state index < -0.39 is 23.7 Å². The van der Waals surface area contributed by atoms with Crippen LogP contribution in [-0.4, -0.2) is 78.9 Å². The van der Waals surface area contributed by atoms with Gasteiger partial charge in [-0.25, -0.2) is 4.79 Å². The first-order chi connectivity index (χ1) is 21.0. The quantitative estimate of drug-likeness (QED) is 0.142. The maximum Gasteiger partial charge on any atom is 0.374 e. The van der Waals surface area contributed by atoms with Crippen molar-refractivity contribution < 1.29 is 29.0 Å². The maximum absolute atomic E-state index is 12.6. The predicted octanol–water partition coefficient (Wildman–Crippen LogP) is 3.46. The topological polar surface area (TPSA) is 137 Å². The van der Waals surface area contributed by atoms with Crippen molar-refractivity contribution >= 4 is 48.1 Å². The zero-order valence-electron chi connectivity index (χ0n) is 25.9. The lowest BCUT2D eigenvalue weighted by Gasteiger charge is -2.34. The number of ketones is 1. The molecule has 1 aliphatic carbocycles. The van der Waals surface area contributed by atoms with Crippen LogP contribution in [0.4, 0.5) is 0 Å². The predicted molar refractivity (Wildman–Crippen MR) is 175 cm³/mol. The monoisotopic (exact) mass is 644 g/mol. The summed E-state index contributed by atoms with van der Waals surface area (Å²) in [5.74, 6) is -1.85. The van der Waals surface area contributed by atoms with E-state index in [0.29, 0.717) is 25.9 Å². The second-order valence-corrected chi connectivity index (χ2v) is 12.3. The second-order valence-electron chi connectivity index (χ2n) is 11.2. The molecule has 2 amide bonds. The number of amides is 2. The first-order valence-electron chi connectivity index (χ1n) is 14.8. The smallest absolute Gasteiger partial charge is 0.374 e. The minimum Gasteiger partial charge on any atom is -0.496 e. The molecule has 2 fully saturated rings. The van der Waals surface area contributed by atoms with Gasteiger partial charge >= 0.3 is 5.97 Å². The van der Waals surface area contributed by atoms with E-state index in [0.717, 1.165) is 45.9 Å². The number of nitrogens with one attached hydrogen (secondary N) is 3. The molecule has 0 aromatic heterocycles. The molecule has 1 aliphatic heterocycles. The number of nitrogens with zero attached hydrogens (tertiary/aromatic N) is 1. The molecule has 2 aromatic carbocycles. The van der Waals surface area contributed by atoms with E-state index in [1.165, 1.54) is 10.5 Å². The molecular weight excluding hydrogens is 601 g/mol. The van der Waals surface area contributed by atoms with Gasteiger partial charge in [0.2, 0.25) is 11.8 Å². The summed E-state index contributed by atoms with van der Waals surface area (Å²) in [7, 11) is 1.67. The first-order valence-corrected chi connectivity index (χ1v) is 16.3. The Bertz CT molecular complexity index is 1300. The molecule has 1 saturated heterocycles. The van der Waals surface area contributed by atoms with Gasteiger partial charge in [0, 0.05) is 29.8 Å². The van der Waals surface area contributed by atoms with Crippen LogP contribution in [0.1, 0.15) is 47.9 Å². The summed E-state index contributed by atoms with van der Waals surface area (Å²) >= 11 is 5.70. The fourth-order valence-corrected chi connectivity index (χ4v) is 6.68. The lowest BCUT2D eigenvalue weighted by molar-refractivity contribution is -0.151. The van der Waals surface area contributed by atoms with Gasteiger partial charge in [-0.05, 0) is 92.6 Å². The largest absolute Gasteiger partial charge is 0.496 e. The van der Waals surface area contributed by atoms with Crippen molar-refractivity contribution in [3.63, 3.8) is 0 Å². The van der Waals surface area contributed by atoms with E-state index in [9.17, 15) is 24.3 Å². The van der Waals surface area contributed by atoms with Gasteiger partial charge < -0.3 is 25.4 Å². The number of carbonyl (C=O) groups is 4. The van der Waals surface area contributed by atoms with E-state index in [-0.39, 0.29) is 31.0 Å². The minimum atomic E-state index is -1.56. The number of benzene rings is 2. The van der Waals surface area contributed by atoms with Crippen LogP contribution in [0, 0.1) is 26.7 Å². The van der Waals surface area contributed by atoms with Gasteiger partial charge in [0.05, 0.1) is 20.2 Å². The van der Waals surface area contributed by atoms with E-state index in [1.54, 1.807) is 19.1 Å². The van der Waals surface area contributed by atoms with Crippen molar-refractivity contribution in [2.75, 3.05) is 33.3 Å². The van der Waals surface area contributed by atoms with Crippen molar-refractivity contribution in [1.82, 2.24) is 20.3 Å². The lowest BCUT2D eigenvalue weighted by Crippen LogP contribution is -2.55. The highest BCUT2D eigenvalue weighted by molar-refractivity contribution is 7.97. The number of hydrogen-bond donors (Lipinski definition) is 5. The third-order valence-electron chi connectivity index (χ3n) is 8.13. The molecule has 2 aliphatic rings. The average Bonchev–Trinajstić information content (AvgIpc) is 3.03. The number of rotatable bonds is 11. The van der Waals surface area contributed by atoms with Crippen molar-refractivity contribution in [2.45, 2.75) is 69.2 Å². The Hall–Kier alpha value is -3.06. The van der Waals surface area contributed by atoms with Crippen molar-refractivity contribution in [3.05, 3.63) is 58.7 Å². The number of thiol groups is 1. The minimum absolute atomic E-state index is 0.162. The number of methoxy groups -OCH3 is 1. The summed E-state index contributed by atoms with van der Waals surface area (Å²) in [5, 5.41) is 14.9. The van der Waals surface area contributed by atoms with E-state index in [1.807, 2.05) is 31.2 Å². The molecule has 12 heteroatoms. The van der Waals surface area contributed by atoms with Crippen LogP contribution in [-0.2, 0) is 24.9 Å². The lowest BCUT2D eigenvalue weighted by atomic mass is 9.80. The molecule has 1 heterocycles. The zero-order valence-corrected chi connectivity index (χ0v) is 27.6. The van der Waals surface area contributed by atoms with Gasteiger partial charge in [0.15, 0.2) is 0 Å². The SMILES string of the molecule is COc1cc(C)c(SNC2CCC(C(NC(=O)CN3CCNCC3=O)C(=O)C(=O)O)CC2)c(C)c1C.SCc1ccccc1. The molecule has 1 saturated carbocycles. The van der Waals surface area contributed by atoms with Gasteiger partial charge in [-0.2, -0.15) is 12.6 Å². The maximum atomic E-state index is 12.6. The number of ether oxygens (including phenoxy) is 1. The van der Waals surface area contributed by atoms with Crippen LogP contribution in [0.3, 0.4) is 0 Å². The van der Waals surface area contributed by atoms with Crippen LogP contribution >= 0.6 is 24.6 Å². The van der Waals surface area contributed by atoms with Crippen LogP contribution in [0.25, 0.3) is 0 Å². The number of Topliss-reactive ketones (excluding diaryl/α,β-unsaturated/α-hetero) is 1. The highest BCUT2D eigenvalue weighted by Gasteiger charge is 2.36. The molecule has 1 unspecified atom stereocenters. The second kappa shape index (κ2) is 17.4. The van der Waals surface area contributed by atoms with Gasteiger partial charge in [0.25, 0.3) is 5.78 Å². The number of aryl methyl sites for hydroxylation is 1. The summed E-state index contributed by atoms with van der Waals surface area (Å²) < 4.78 is 8.98. The third-order valence-corrected chi connectivity index (χ3v) is 9.77. The summed E-state index contributed by atoms with van der Waals surface area (Å²) in [6, 6.07) is 11.3. The van der Waals surface area contributed by atoms with Crippen molar-refractivity contribution in [1.29, 1.82) is 0 Å². The Kier molecular flexibility index (Phi) is 14.0. The molecule has 44 heavy (non-hydrogen) atoms. The Morgan fingerprint density at radius 2 is 1.80 bits per heavy atom. The number of carboxylic acid groups (broad SMARTS) is 1. The van der Waals surface area contributed by atoms with Crippen LogP contribution < -0.4 is 20.1 Å².